The van der Waals surface area contributed by atoms with E-state index >= 15 is 0 Å². The second-order valence-electron chi connectivity index (χ2n) is 1.60. The van der Waals surface area contributed by atoms with E-state index in [0.29, 0.717) is 5.02 Å². The number of phenols is 1. The molecule has 0 saturated carbocycles. The van der Waals surface area contributed by atoms with Crippen LogP contribution < -0.4 is 51.4 Å². The van der Waals surface area contributed by atoms with E-state index < -0.39 is 0 Å². The smallest absolute Gasteiger partial charge is 1.00 e. The number of hydrogen-bond acceptors (Lipinski definition) is 1. The molecule has 0 aromatic heterocycles. The van der Waals surface area contributed by atoms with Crippen LogP contribution in [0.25, 0.3) is 0 Å². The summed E-state index contributed by atoms with van der Waals surface area (Å²) in [6, 6.07) is 4.89. The molecule has 0 atom stereocenters. The molecular formula is C6H5BrClKO. The Balaban J connectivity index is 0. The van der Waals surface area contributed by atoms with Crippen molar-refractivity contribution >= 4 is 27.5 Å². The summed E-state index contributed by atoms with van der Waals surface area (Å²) < 4.78 is 0.866. The van der Waals surface area contributed by atoms with Gasteiger partial charge in [-0.3, -0.25) is 0 Å². The van der Waals surface area contributed by atoms with E-state index in [1.54, 1.807) is 12.1 Å². The number of phenolic OH excluding ortho intramolecular Hbond substituents is 1. The van der Waals surface area contributed by atoms with Gasteiger partial charge in [0.15, 0.2) is 0 Å². The first kappa shape index (κ1) is 11.4. The molecule has 0 fully saturated rings. The molecule has 1 aromatic carbocycles. The van der Waals surface area contributed by atoms with E-state index in [1.165, 1.54) is 6.07 Å². The summed E-state index contributed by atoms with van der Waals surface area (Å²) in [5.41, 5.74) is 0. The fourth-order valence-electron chi connectivity index (χ4n) is 0.481. The van der Waals surface area contributed by atoms with Crippen molar-refractivity contribution in [3.63, 3.8) is 0 Å². The normalized spacial score (nSPS) is 8.60. The Morgan fingerprint density at radius 3 is 2.50 bits per heavy atom. The molecule has 0 heterocycles. The molecule has 0 aliphatic heterocycles. The zero-order valence-electron chi connectivity index (χ0n) is 6.44. The minimum atomic E-state index is 0. The van der Waals surface area contributed by atoms with Crippen molar-refractivity contribution in [1.29, 1.82) is 0 Å². The second kappa shape index (κ2) is 5.14. The van der Waals surface area contributed by atoms with Crippen LogP contribution in [-0.4, -0.2) is 5.11 Å². The third-order valence-electron chi connectivity index (χ3n) is 0.910. The number of benzene rings is 1. The minimum absolute atomic E-state index is 0. The van der Waals surface area contributed by atoms with Crippen molar-refractivity contribution in [3.05, 3.63) is 27.7 Å². The van der Waals surface area contributed by atoms with E-state index in [2.05, 4.69) is 15.9 Å². The van der Waals surface area contributed by atoms with E-state index in [4.69, 9.17) is 16.7 Å². The molecule has 0 aliphatic rings. The van der Waals surface area contributed by atoms with Gasteiger partial charge in [0.2, 0.25) is 0 Å². The van der Waals surface area contributed by atoms with Crippen LogP contribution in [0.4, 0.5) is 0 Å². The summed E-state index contributed by atoms with van der Waals surface area (Å²) in [7, 11) is 0. The molecule has 0 spiro atoms. The Labute approximate surface area is 117 Å². The fourth-order valence-corrected chi connectivity index (χ4v) is 1.15. The van der Waals surface area contributed by atoms with E-state index in [1.807, 2.05) is 0 Å². The van der Waals surface area contributed by atoms with Gasteiger partial charge < -0.3 is 6.53 Å². The fraction of sp³-hybridized carbons (Fsp3) is 0. The Morgan fingerprint density at radius 2 is 2.10 bits per heavy atom. The Kier molecular flexibility index (Phi) is 5.87. The largest absolute Gasteiger partial charge is 1.00 e. The molecule has 1 aromatic rings. The molecule has 0 saturated heterocycles. The van der Waals surface area contributed by atoms with Gasteiger partial charge in [0.1, 0.15) is 5.75 Å². The molecule has 50 valence electrons. The molecule has 0 radical (unpaired) electrons. The van der Waals surface area contributed by atoms with Crippen LogP contribution in [0.1, 0.15) is 1.43 Å². The molecular weight excluding hydrogens is 243 g/mol. The van der Waals surface area contributed by atoms with Crippen molar-refractivity contribution in [2.24, 2.45) is 0 Å². The number of hydrogen-bond donors (Lipinski definition) is 1. The van der Waals surface area contributed by atoms with E-state index in [9.17, 15) is 0 Å². The first-order valence-corrected chi connectivity index (χ1v) is 3.51. The van der Waals surface area contributed by atoms with Gasteiger partial charge in [-0.05, 0) is 18.2 Å². The van der Waals surface area contributed by atoms with Gasteiger partial charge in [0.05, 0.1) is 5.02 Å². The minimum Gasteiger partial charge on any atom is -1.00 e. The van der Waals surface area contributed by atoms with Crippen LogP contribution >= 0.6 is 27.5 Å². The maximum Gasteiger partial charge on any atom is 1.00 e. The summed E-state index contributed by atoms with van der Waals surface area (Å²) in [6.07, 6.45) is 0. The predicted molar refractivity (Wildman–Crippen MR) is 41.9 cm³/mol. The molecule has 0 aliphatic carbocycles. The summed E-state index contributed by atoms with van der Waals surface area (Å²) in [4.78, 5) is 0. The Bertz CT molecular complexity index is 234. The van der Waals surface area contributed by atoms with Crippen LogP contribution in [-0.2, 0) is 0 Å². The monoisotopic (exact) mass is 246 g/mol. The predicted octanol–water partition coefficient (Wildman–Crippen LogP) is -0.0754. The van der Waals surface area contributed by atoms with Crippen molar-refractivity contribution in [2.75, 3.05) is 0 Å². The average molecular weight is 248 g/mol. The maximum absolute atomic E-state index is 8.89. The summed E-state index contributed by atoms with van der Waals surface area (Å²) >= 11 is 8.73. The summed E-state index contributed by atoms with van der Waals surface area (Å²) in [5, 5.41) is 9.26. The topological polar surface area (TPSA) is 20.2 Å². The third kappa shape index (κ3) is 3.22. The number of halogens is 2. The number of aromatic hydroxyl groups is 1. The SMILES string of the molecule is Oc1ccc(Br)cc1Cl.[H-].[K+]. The summed E-state index contributed by atoms with van der Waals surface area (Å²) in [5.74, 6) is 0.111. The third-order valence-corrected chi connectivity index (χ3v) is 1.71. The average Bonchev–Trinajstić information content (AvgIpc) is 1.80. The molecule has 1 nitrogen and oxygen atoms in total. The van der Waals surface area contributed by atoms with Gasteiger partial charge in [-0.25, -0.2) is 0 Å². The van der Waals surface area contributed by atoms with E-state index in [0.717, 1.165) is 4.47 Å². The zero-order chi connectivity index (χ0) is 6.85. The van der Waals surface area contributed by atoms with E-state index in [-0.39, 0.29) is 58.6 Å². The first-order valence-electron chi connectivity index (χ1n) is 2.34. The maximum atomic E-state index is 8.89. The van der Waals surface area contributed by atoms with Crippen molar-refractivity contribution in [3.8, 4) is 5.75 Å². The van der Waals surface area contributed by atoms with Gasteiger partial charge >= 0.3 is 51.4 Å². The number of rotatable bonds is 0. The quantitative estimate of drug-likeness (QED) is 0.636. The standard InChI is InChI=1S/C6H4BrClO.K.H/c7-4-1-2-6(9)5(8)3-4;;/h1-3,9H;;/q;+1;-1. The van der Waals surface area contributed by atoms with Gasteiger partial charge in [-0.1, -0.05) is 27.5 Å². The second-order valence-corrected chi connectivity index (χ2v) is 2.92. The van der Waals surface area contributed by atoms with Crippen LogP contribution in [0.15, 0.2) is 22.7 Å². The van der Waals surface area contributed by atoms with Crippen molar-refractivity contribution in [2.45, 2.75) is 0 Å². The zero-order valence-corrected chi connectivity index (χ0v) is 10.9. The first-order chi connectivity index (χ1) is 4.20. The van der Waals surface area contributed by atoms with Crippen molar-refractivity contribution in [1.82, 2.24) is 0 Å². The van der Waals surface area contributed by atoms with Crippen LogP contribution in [0.3, 0.4) is 0 Å². The van der Waals surface area contributed by atoms with Gasteiger partial charge in [0, 0.05) is 4.47 Å². The van der Waals surface area contributed by atoms with Crippen LogP contribution in [0, 0.1) is 0 Å². The molecule has 1 rings (SSSR count). The molecule has 0 unspecified atom stereocenters. The molecule has 0 amide bonds. The van der Waals surface area contributed by atoms with Crippen LogP contribution in [0.2, 0.25) is 5.02 Å². The molecule has 10 heavy (non-hydrogen) atoms. The Morgan fingerprint density at radius 1 is 1.50 bits per heavy atom. The molecule has 4 heteroatoms. The van der Waals surface area contributed by atoms with Gasteiger partial charge in [-0.2, -0.15) is 0 Å². The Hall–Kier alpha value is 1.43. The molecule has 0 bridgehead atoms. The van der Waals surface area contributed by atoms with Crippen molar-refractivity contribution < 1.29 is 57.9 Å². The summed E-state index contributed by atoms with van der Waals surface area (Å²) in [6.45, 7) is 0. The van der Waals surface area contributed by atoms with Crippen LogP contribution in [0.5, 0.6) is 5.75 Å². The van der Waals surface area contributed by atoms with Gasteiger partial charge in [0.25, 0.3) is 0 Å². The van der Waals surface area contributed by atoms with Gasteiger partial charge in [-0.15, -0.1) is 0 Å². The molecule has 1 N–H and O–H groups in total.